The van der Waals surface area contributed by atoms with E-state index in [0.29, 0.717) is 5.69 Å². The normalized spacial score (nSPS) is 22.2. The van der Waals surface area contributed by atoms with Gasteiger partial charge in [0, 0.05) is 17.1 Å². The quantitative estimate of drug-likeness (QED) is 0.482. The van der Waals surface area contributed by atoms with Crippen LogP contribution in [0.15, 0.2) is 23.1 Å². The van der Waals surface area contributed by atoms with Crippen molar-refractivity contribution in [2.24, 2.45) is 0 Å². The summed E-state index contributed by atoms with van der Waals surface area (Å²) in [7, 11) is 0. The van der Waals surface area contributed by atoms with E-state index in [9.17, 15) is 0 Å². The molecule has 0 radical (unpaired) electrons. The molecule has 0 aliphatic carbocycles. The molecule has 1 fully saturated rings. The Kier molecular flexibility index (Phi) is 2.96. The van der Waals surface area contributed by atoms with Gasteiger partial charge in [-0.25, -0.2) is 0 Å². The summed E-state index contributed by atoms with van der Waals surface area (Å²) in [4.78, 5) is 0.829. The number of hydrogen-bond donors (Lipinski definition) is 3. The van der Waals surface area contributed by atoms with Crippen LogP contribution in [0.5, 0.6) is 0 Å². The van der Waals surface area contributed by atoms with E-state index < -0.39 is 0 Å². The van der Waals surface area contributed by atoms with Gasteiger partial charge in [-0.1, -0.05) is 6.07 Å². The first-order valence-corrected chi connectivity index (χ1v) is 5.11. The molecule has 1 atom stereocenters. The molecule has 0 amide bonds. The fourth-order valence-corrected chi connectivity index (χ4v) is 1.78. The predicted octanol–water partition coefficient (Wildman–Crippen LogP) is 1.22. The summed E-state index contributed by atoms with van der Waals surface area (Å²) >= 11 is 4.29. The van der Waals surface area contributed by atoms with Crippen LogP contribution in [0.1, 0.15) is 11.6 Å². The maximum atomic E-state index is 5.69. The lowest BCUT2D eigenvalue weighted by Gasteiger charge is -2.24. The molecule has 1 saturated heterocycles. The predicted molar refractivity (Wildman–Crippen MR) is 59.7 cm³/mol. The Morgan fingerprint density at radius 3 is 3.00 bits per heavy atom. The number of morpholine rings is 1. The van der Waals surface area contributed by atoms with Crippen molar-refractivity contribution in [2.75, 3.05) is 25.5 Å². The van der Waals surface area contributed by atoms with Crippen LogP contribution in [-0.4, -0.2) is 19.8 Å². The SMILES string of the molecule is Nc1ccc(C2COCCN2)cc1S. The van der Waals surface area contributed by atoms with Gasteiger partial charge in [0.25, 0.3) is 0 Å². The summed E-state index contributed by atoms with van der Waals surface area (Å²) in [6.45, 7) is 2.41. The maximum absolute atomic E-state index is 5.69. The van der Waals surface area contributed by atoms with E-state index in [0.717, 1.165) is 24.7 Å². The van der Waals surface area contributed by atoms with Gasteiger partial charge < -0.3 is 15.8 Å². The summed E-state index contributed by atoms with van der Waals surface area (Å²) in [6.07, 6.45) is 0. The molecule has 1 heterocycles. The number of nitrogens with two attached hydrogens (primary N) is 1. The lowest BCUT2D eigenvalue weighted by molar-refractivity contribution is 0.0768. The van der Waals surface area contributed by atoms with Crippen LogP contribution >= 0.6 is 12.6 Å². The molecule has 1 aromatic rings. The van der Waals surface area contributed by atoms with Crippen molar-refractivity contribution in [3.63, 3.8) is 0 Å². The third-order valence-corrected chi connectivity index (χ3v) is 2.77. The standard InChI is InChI=1S/C10H14N2OS/c11-8-2-1-7(5-10(8)14)9-6-13-4-3-12-9/h1-2,5,9,12,14H,3-4,6,11H2. The van der Waals surface area contributed by atoms with Crippen molar-refractivity contribution in [1.29, 1.82) is 0 Å². The minimum Gasteiger partial charge on any atom is -0.398 e. The van der Waals surface area contributed by atoms with E-state index in [1.807, 2.05) is 18.2 Å². The molecule has 76 valence electrons. The van der Waals surface area contributed by atoms with E-state index >= 15 is 0 Å². The van der Waals surface area contributed by atoms with Gasteiger partial charge in [-0.05, 0) is 17.7 Å². The number of hydrogen-bond acceptors (Lipinski definition) is 4. The average molecular weight is 210 g/mol. The topological polar surface area (TPSA) is 47.3 Å². The number of nitrogen functional groups attached to an aromatic ring is 1. The third kappa shape index (κ3) is 2.03. The molecule has 3 nitrogen and oxygen atoms in total. The Labute approximate surface area is 89.0 Å². The molecule has 4 heteroatoms. The van der Waals surface area contributed by atoms with Crippen LogP contribution in [0.3, 0.4) is 0 Å². The van der Waals surface area contributed by atoms with Gasteiger partial charge in [0.1, 0.15) is 0 Å². The van der Waals surface area contributed by atoms with Crippen molar-refractivity contribution < 1.29 is 4.74 Å². The van der Waals surface area contributed by atoms with Crippen LogP contribution in [0, 0.1) is 0 Å². The smallest absolute Gasteiger partial charge is 0.0662 e. The second kappa shape index (κ2) is 4.21. The first-order valence-electron chi connectivity index (χ1n) is 4.67. The highest BCUT2D eigenvalue weighted by Gasteiger charge is 2.15. The summed E-state index contributed by atoms with van der Waals surface area (Å²) in [6, 6.07) is 6.16. The summed E-state index contributed by atoms with van der Waals surface area (Å²) in [5.74, 6) is 0. The van der Waals surface area contributed by atoms with Crippen LogP contribution in [0.4, 0.5) is 5.69 Å². The molecule has 1 aromatic carbocycles. The highest BCUT2D eigenvalue weighted by atomic mass is 32.1. The van der Waals surface area contributed by atoms with Crippen molar-refractivity contribution in [3.05, 3.63) is 23.8 Å². The molecule has 14 heavy (non-hydrogen) atoms. The lowest BCUT2D eigenvalue weighted by Crippen LogP contribution is -2.34. The molecule has 2 rings (SSSR count). The van der Waals surface area contributed by atoms with E-state index in [1.54, 1.807) is 0 Å². The second-order valence-corrected chi connectivity index (χ2v) is 3.88. The van der Waals surface area contributed by atoms with Gasteiger partial charge >= 0.3 is 0 Å². The number of nitrogens with one attached hydrogen (secondary N) is 1. The average Bonchev–Trinajstić information content (AvgIpc) is 2.23. The fraction of sp³-hybridized carbons (Fsp3) is 0.400. The first kappa shape index (κ1) is 9.83. The van der Waals surface area contributed by atoms with Crippen molar-refractivity contribution >= 4 is 18.3 Å². The molecular formula is C10H14N2OS. The van der Waals surface area contributed by atoms with E-state index in [-0.39, 0.29) is 6.04 Å². The molecule has 3 N–H and O–H groups in total. The molecule has 0 saturated carbocycles. The minimum absolute atomic E-state index is 0.273. The van der Waals surface area contributed by atoms with Gasteiger partial charge in [0.05, 0.1) is 19.3 Å². The minimum atomic E-state index is 0.273. The van der Waals surface area contributed by atoms with Crippen molar-refractivity contribution in [2.45, 2.75) is 10.9 Å². The van der Waals surface area contributed by atoms with Crippen LogP contribution < -0.4 is 11.1 Å². The van der Waals surface area contributed by atoms with Gasteiger partial charge in [-0.2, -0.15) is 0 Å². The number of rotatable bonds is 1. The number of benzene rings is 1. The molecule has 0 bridgehead atoms. The van der Waals surface area contributed by atoms with Gasteiger partial charge in [-0.15, -0.1) is 12.6 Å². The largest absolute Gasteiger partial charge is 0.398 e. The number of thiol groups is 1. The van der Waals surface area contributed by atoms with E-state index in [1.165, 1.54) is 5.56 Å². The Bertz CT molecular complexity index is 324. The lowest BCUT2D eigenvalue weighted by atomic mass is 10.1. The van der Waals surface area contributed by atoms with E-state index in [2.05, 4.69) is 17.9 Å². The van der Waals surface area contributed by atoms with Crippen LogP contribution in [-0.2, 0) is 4.74 Å². The molecule has 0 spiro atoms. The zero-order valence-corrected chi connectivity index (χ0v) is 8.76. The van der Waals surface area contributed by atoms with Crippen LogP contribution in [0.25, 0.3) is 0 Å². The molecule has 0 aromatic heterocycles. The van der Waals surface area contributed by atoms with Crippen molar-refractivity contribution in [3.8, 4) is 0 Å². The molecule has 1 aliphatic rings. The summed E-state index contributed by atoms with van der Waals surface area (Å²) in [5, 5.41) is 3.38. The fourth-order valence-electron chi connectivity index (χ4n) is 1.56. The van der Waals surface area contributed by atoms with Gasteiger partial charge in [-0.3, -0.25) is 0 Å². The zero-order chi connectivity index (χ0) is 9.97. The molecule has 1 unspecified atom stereocenters. The number of anilines is 1. The first-order chi connectivity index (χ1) is 6.77. The van der Waals surface area contributed by atoms with Crippen molar-refractivity contribution in [1.82, 2.24) is 5.32 Å². The van der Waals surface area contributed by atoms with Gasteiger partial charge in [0.15, 0.2) is 0 Å². The Morgan fingerprint density at radius 2 is 2.36 bits per heavy atom. The highest BCUT2D eigenvalue weighted by molar-refractivity contribution is 7.80. The van der Waals surface area contributed by atoms with Crippen LogP contribution in [0.2, 0.25) is 0 Å². The zero-order valence-electron chi connectivity index (χ0n) is 7.86. The maximum Gasteiger partial charge on any atom is 0.0662 e. The third-order valence-electron chi connectivity index (χ3n) is 2.38. The van der Waals surface area contributed by atoms with Gasteiger partial charge in [0.2, 0.25) is 0 Å². The molecule has 1 aliphatic heterocycles. The summed E-state index contributed by atoms with van der Waals surface area (Å²) in [5.41, 5.74) is 7.59. The Morgan fingerprint density at radius 1 is 1.50 bits per heavy atom. The molecular weight excluding hydrogens is 196 g/mol. The van der Waals surface area contributed by atoms with E-state index in [4.69, 9.17) is 10.5 Å². The Balaban J connectivity index is 2.18. The number of ether oxygens (including phenoxy) is 1. The second-order valence-electron chi connectivity index (χ2n) is 3.40. The monoisotopic (exact) mass is 210 g/mol. The summed E-state index contributed by atoms with van der Waals surface area (Å²) < 4.78 is 5.39. The highest BCUT2D eigenvalue weighted by Crippen LogP contribution is 2.23. The Hall–Kier alpha value is -0.710.